The Morgan fingerprint density at radius 2 is 2.36 bits per heavy atom. The highest BCUT2D eigenvalue weighted by atomic mass is 16.5. The zero-order valence-corrected chi connectivity index (χ0v) is 6.03. The fourth-order valence-electron chi connectivity index (χ4n) is 0.695. The number of hydrogen-bond donors (Lipinski definition) is 1. The van der Waals surface area contributed by atoms with Crippen molar-refractivity contribution in [2.24, 2.45) is 0 Å². The maximum atomic E-state index is 8.49. The van der Waals surface area contributed by atoms with Crippen molar-refractivity contribution in [3.05, 3.63) is 17.7 Å². The molecule has 2 N–H and O–H groups in total. The maximum Gasteiger partial charge on any atom is 0.216 e. The summed E-state index contributed by atoms with van der Waals surface area (Å²) in [7, 11) is 1.48. The van der Waals surface area contributed by atoms with Crippen LogP contribution in [-0.2, 0) is 0 Å². The van der Waals surface area contributed by atoms with Gasteiger partial charge in [0.25, 0.3) is 0 Å². The van der Waals surface area contributed by atoms with Crippen LogP contribution in [0.1, 0.15) is 5.56 Å². The number of nitrogens with zero attached hydrogens (tertiary/aromatic N) is 2. The van der Waals surface area contributed by atoms with Crippen molar-refractivity contribution in [3.8, 4) is 11.9 Å². The van der Waals surface area contributed by atoms with Crippen molar-refractivity contribution in [2.45, 2.75) is 0 Å². The van der Waals surface area contributed by atoms with Gasteiger partial charge < -0.3 is 10.5 Å². The third kappa shape index (κ3) is 1.58. The van der Waals surface area contributed by atoms with Gasteiger partial charge >= 0.3 is 0 Å². The highest BCUT2D eigenvalue weighted by Gasteiger charge is 1.97. The number of ether oxygens (including phenoxy) is 1. The summed E-state index contributed by atoms with van der Waals surface area (Å²) in [6, 6.07) is 4.96. The SMILES string of the molecule is COc1cc(C#N)cc(N)n1. The Kier molecular flexibility index (Phi) is 1.93. The molecule has 0 unspecified atom stereocenters. The van der Waals surface area contributed by atoms with E-state index in [-0.39, 0.29) is 0 Å². The predicted molar refractivity (Wildman–Crippen MR) is 39.9 cm³/mol. The van der Waals surface area contributed by atoms with Gasteiger partial charge in [-0.15, -0.1) is 0 Å². The van der Waals surface area contributed by atoms with Gasteiger partial charge in [0.1, 0.15) is 5.82 Å². The molecule has 1 aromatic heterocycles. The Morgan fingerprint density at radius 1 is 1.64 bits per heavy atom. The fraction of sp³-hybridized carbons (Fsp3) is 0.143. The molecule has 56 valence electrons. The molecule has 0 amide bonds. The Morgan fingerprint density at radius 3 is 2.91 bits per heavy atom. The van der Waals surface area contributed by atoms with Gasteiger partial charge in [-0.05, 0) is 6.07 Å². The first-order chi connectivity index (χ1) is 5.26. The smallest absolute Gasteiger partial charge is 0.216 e. The van der Waals surface area contributed by atoms with Crippen molar-refractivity contribution in [3.63, 3.8) is 0 Å². The van der Waals surface area contributed by atoms with Crippen LogP contribution in [0.4, 0.5) is 5.82 Å². The van der Waals surface area contributed by atoms with Crippen LogP contribution in [0.5, 0.6) is 5.88 Å². The molecule has 0 radical (unpaired) electrons. The summed E-state index contributed by atoms with van der Waals surface area (Å²) in [5.74, 6) is 0.655. The number of nitriles is 1. The second-order valence-electron chi connectivity index (χ2n) is 1.93. The van der Waals surface area contributed by atoms with Crippen LogP contribution in [-0.4, -0.2) is 12.1 Å². The molecule has 0 atom stereocenters. The summed E-state index contributed by atoms with van der Waals surface area (Å²) in [6.07, 6.45) is 0. The molecule has 1 rings (SSSR count). The summed E-state index contributed by atoms with van der Waals surface area (Å²) in [6.45, 7) is 0. The normalized spacial score (nSPS) is 8.73. The lowest BCUT2D eigenvalue weighted by atomic mass is 10.3. The second-order valence-corrected chi connectivity index (χ2v) is 1.93. The van der Waals surface area contributed by atoms with Gasteiger partial charge in [0.05, 0.1) is 18.7 Å². The molecule has 0 aromatic carbocycles. The highest BCUT2D eigenvalue weighted by Crippen LogP contribution is 2.11. The van der Waals surface area contributed by atoms with Crippen molar-refractivity contribution < 1.29 is 4.74 Å². The molecule has 1 heterocycles. The monoisotopic (exact) mass is 149 g/mol. The van der Waals surface area contributed by atoms with Gasteiger partial charge in [-0.3, -0.25) is 0 Å². The molecule has 0 fully saturated rings. The molecule has 4 nitrogen and oxygen atoms in total. The van der Waals surface area contributed by atoms with E-state index < -0.39 is 0 Å². The highest BCUT2D eigenvalue weighted by molar-refractivity contribution is 5.42. The van der Waals surface area contributed by atoms with Crippen LogP contribution in [0.25, 0.3) is 0 Å². The van der Waals surface area contributed by atoms with E-state index in [2.05, 4.69) is 4.98 Å². The molecule has 0 saturated heterocycles. The summed E-state index contributed by atoms with van der Waals surface area (Å²) in [5.41, 5.74) is 5.82. The zero-order valence-electron chi connectivity index (χ0n) is 6.03. The van der Waals surface area contributed by atoms with Crippen LogP contribution in [0, 0.1) is 11.3 Å². The van der Waals surface area contributed by atoms with Crippen molar-refractivity contribution in [1.29, 1.82) is 5.26 Å². The van der Waals surface area contributed by atoms with E-state index >= 15 is 0 Å². The fourth-order valence-corrected chi connectivity index (χ4v) is 0.695. The second kappa shape index (κ2) is 2.88. The molecular formula is C7H7N3O. The zero-order chi connectivity index (χ0) is 8.27. The van der Waals surface area contributed by atoms with Crippen LogP contribution >= 0.6 is 0 Å². The van der Waals surface area contributed by atoms with E-state index in [9.17, 15) is 0 Å². The number of anilines is 1. The van der Waals surface area contributed by atoms with Crippen LogP contribution in [0.15, 0.2) is 12.1 Å². The number of nitrogen functional groups attached to an aromatic ring is 1. The van der Waals surface area contributed by atoms with E-state index in [1.165, 1.54) is 19.2 Å². The number of hydrogen-bond acceptors (Lipinski definition) is 4. The lowest BCUT2D eigenvalue weighted by Gasteiger charge is -1.99. The summed E-state index contributed by atoms with van der Waals surface area (Å²) >= 11 is 0. The van der Waals surface area contributed by atoms with Gasteiger partial charge in [0, 0.05) is 6.07 Å². The Hall–Kier alpha value is -1.76. The van der Waals surface area contributed by atoms with Gasteiger partial charge in [-0.1, -0.05) is 0 Å². The van der Waals surface area contributed by atoms with Gasteiger partial charge in [0.15, 0.2) is 0 Å². The Balaban J connectivity index is 3.15. The van der Waals surface area contributed by atoms with Gasteiger partial charge in [-0.2, -0.15) is 10.2 Å². The Labute approximate surface area is 64.2 Å². The molecule has 0 spiro atoms. The predicted octanol–water partition coefficient (Wildman–Crippen LogP) is 0.544. The topological polar surface area (TPSA) is 71.9 Å². The van der Waals surface area contributed by atoms with Crippen molar-refractivity contribution >= 4 is 5.82 Å². The quantitative estimate of drug-likeness (QED) is 0.632. The molecule has 4 heteroatoms. The lowest BCUT2D eigenvalue weighted by molar-refractivity contribution is 0.398. The van der Waals surface area contributed by atoms with Crippen LogP contribution in [0.3, 0.4) is 0 Å². The summed E-state index contributed by atoms with van der Waals surface area (Å²) in [4.78, 5) is 3.80. The van der Waals surface area contributed by atoms with E-state index in [4.69, 9.17) is 15.7 Å². The maximum absolute atomic E-state index is 8.49. The van der Waals surface area contributed by atoms with E-state index in [1.54, 1.807) is 0 Å². The molecule has 0 aliphatic rings. The molecule has 0 saturated carbocycles. The first-order valence-corrected chi connectivity index (χ1v) is 2.98. The standard InChI is InChI=1S/C7H7N3O/c1-11-7-3-5(4-8)2-6(9)10-7/h2-3H,1H3,(H2,9,10). The molecule has 0 bridgehead atoms. The Bertz CT molecular complexity index is 303. The average Bonchev–Trinajstić information content (AvgIpc) is 2.03. The van der Waals surface area contributed by atoms with Gasteiger partial charge in [-0.25, -0.2) is 0 Å². The number of aromatic nitrogens is 1. The summed E-state index contributed by atoms with van der Waals surface area (Å²) in [5, 5.41) is 8.49. The molecule has 11 heavy (non-hydrogen) atoms. The molecule has 0 aliphatic carbocycles. The third-order valence-electron chi connectivity index (χ3n) is 1.16. The number of nitrogens with two attached hydrogens (primary N) is 1. The third-order valence-corrected chi connectivity index (χ3v) is 1.16. The summed E-state index contributed by atoms with van der Waals surface area (Å²) < 4.78 is 4.80. The number of methoxy groups -OCH3 is 1. The minimum atomic E-state index is 0.293. The molecule has 1 aromatic rings. The minimum absolute atomic E-state index is 0.293. The van der Waals surface area contributed by atoms with Crippen molar-refractivity contribution in [1.82, 2.24) is 4.98 Å². The first kappa shape index (κ1) is 7.35. The molecular weight excluding hydrogens is 142 g/mol. The van der Waals surface area contributed by atoms with Crippen LogP contribution in [0.2, 0.25) is 0 Å². The first-order valence-electron chi connectivity index (χ1n) is 2.98. The van der Waals surface area contributed by atoms with Crippen LogP contribution < -0.4 is 10.5 Å². The van der Waals surface area contributed by atoms with E-state index in [0.29, 0.717) is 17.3 Å². The van der Waals surface area contributed by atoms with Crippen molar-refractivity contribution in [2.75, 3.05) is 12.8 Å². The van der Waals surface area contributed by atoms with E-state index in [0.717, 1.165) is 0 Å². The largest absolute Gasteiger partial charge is 0.481 e. The average molecular weight is 149 g/mol. The molecule has 0 aliphatic heterocycles. The number of pyridine rings is 1. The minimum Gasteiger partial charge on any atom is -0.481 e. The van der Waals surface area contributed by atoms with E-state index in [1.807, 2.05) is 6.07 Å². The van der Waals surface area contributed by atoms with Gasteiger partial charge in [0.2, 0.25) is 5.88 Å². The lowest BCUT2D eigenvalue weighted by Crippen LogP contribution is -1.94. The number of rotatable bonds is 1.